The molecule has 7 heteroatoms. The zero-order valence-corrected chi connectivity index (χ0v) is 13.2. The summed E-state index contributed by atoms with van der Waals surface area (Å²) in [6.07, 6.45) is 1.42. The second kappa shape index (κ2) is 5.98. The number of hydrogen-bond acceptors (Lipinski definition) is 2. The highest BCUT2D eigenvalue weighted by molar-refractivity contribution is 9.10. The molecule has 1 aromatic heterocycles. The molecule has 0 bridgehead atoms. The molecule has 1 heterocycles. The molecule has 0 aliphatic carbocycles. The molecule has 1 N–H and O–H groups in total. The van der Waals surface area contributed by atoms with Crippen molar-refractivity contribution < 1.29 is 9.18 Å². The van der Waals surface area contributed by atoms with Gasteiger partial charge in [-0.15, -0.1) is 0 Å². The number of rotatable bonds is 2. The summed E-state index contributed by atoms with van der Waals surface area (Å²) in [6, 6.07) is 5.61. The van der Waals surface area contributed by atoms with Crippen molar-refractivity contribution in [3.8, 4) is 0 Å². The summed E-state index contributed by atoms with van der Waals surface area (Å²) in [6.45, 7) is 0. The number of pyridine rings is 1. The first kappa shape index (κ1) is 14.4. The number of aromatic nitrogens is 1. The van der Waals surface area contributed by atoms with Crippen molar-refractivity contribution in [3.05, 3.63) is 55.9 Å². The van der Waals surface area contributed by atoms with E-state index < -0.39 is 5.82 Å². The predicted molar refractivity (Wildman–Crippen MR) is 79.0 cm³/mol. The number of benzene rings is 1. The van der Waals surface area contributed by atoms with Crippen LogP contribution in [-0.4, -0.2) is 10.9 Å². The van der Waals surface area contributed by atoms with E-state index in [9.17, 15) is 9.18 Å². The molecule has 0 unspecified atom stereocenters. The van der Waals surface area contributed by atoms with Gasteiger partial charge in [-0.3, -0.25) is 4.79 Å². The van der Waals surface area contributed by atoms with Gasteiger partial charge in [-0.2, -0.15) is 0 Å². The highest BCUT2D eigenvalue weighted by Crippen LogP contribution is 2.32. The lowest BCUT2D eigenvalue weighted by Gasteiger charge is -2.09. The van der Waals surface area contributed by atoms with Gasteiger partial charge in [0.05, 0.1) is 16.3 Å². The van der Waals surface area contributed by atoms with Gasteiger partial charge in [-0.25, -0.2) is 9.37 Å². The standard InChI is InChI=1S/C12H6Br2ClFN2O/c13-8-3-7(16)4-9(15)11(8)18-12(19)6-1-2-10(14)17-5-6/h1-5H,(H,18,19). The third kappa shape index (κ3) is 3.52. The first-order valence-corrected chi connectivity index (χ1v) is 7.01. The Morgan fingerprint density at radius 2 is 2.05 bits per heavy atom. The fraction of sp³-hybridized carbons (Fsp3) is 0. The molecule has 2 rings (SSSR count). The second-order valence-corrected chi connectivity index (χ2v) is 5.64. The molecule has 0 saturated heterocycles. The molecular weight excluding hydrogens is 402 g/mol. The van der Waals surface area contributed by atoms with Crippen LogP contribution in [-0.2, 0) is 0 Å². The maximum atomic E-state index is 13.1. The molecule has 0 saturated carbocycles. The maximum absolute atomic E-state index is 13.1. The number of anilines is 1. The van der Waals surface area contributed by atoms with Crippen LogP contribution in [0.5, 0.6) is 0 Å². The predicted octanol–water partition coefficient (Wildman–Crippen LogP) is 4.65. The number of amides is 1. The minimum absolute atomic E-state index is 0.116. The van der Waals surface area contributed by atoms with E-state index in [2.05, 4.69) is 42.2 Å². The number of carbonyl (C=O) groups excluding carboxylic acids is 1. The first-order valence-electron chi connectivity index (χ1n) is 5.05. The Balaban J connectivity index is 2.26. The Kier molecular flexibility index (Phi) is 4.54. The monoisotopic (exact) mass is 406 g/mol. The largest absolute Gasteiger partial charge is 0.320 e. The van der Waals surface area contributed by atoms with E-state index in [0.29, 0.717) is 20.3 Å². The van der Waals surface area contributed by atoms with E-state index in [1.807, 2.05) is 0 Å². The summed E-state index contributed by atoms with van der Waals surface area (Å²) in [5, 5.41) is 2.72. The van der Waals surface area contributed by atoms with Crippen molar-refractivity contribution in [1.29, 1.82) is 0 Å². The summed E-state index contributed by atoms with van der Waals surface area (Å²) >= 11 is 12.2. The van der Waals surface area contributed by atoms with Gasteiger partial charge in [0.15, 0.2) is 0 Å². The van der Waals surface area contributed by atoms with E-state index in [4.69, 9.17) is 11.6 Å². The van der Waals surface area contributed by atoms with Crippen LogP contribution >= 0.6 is 43.5 Å². The number of halogens is 4. The van der Waals surface area contributed by atoms with Crippen LogP contribution in [0.15, 0.2) is 39.5 Å². The van der Waals surface area contributed by atoms with Crippen LogP contribution in [0.4, 0.5) is 10.1 Å². The summed E-state index contributed by atoms with van der Waals surface area (Å²) < 4.78 is 14.1. The number of nitrogens with one attached hydrogen (secondary N) is 1. The summed E-state index contributed by atoms with van der Waals surface area (Å²) in [5.41, 5.74) is 0.687. The SMILES string of the molecule is O=C(Nc1c(Cl)cc(F)cc1Br)c1ccc(Br)nc1. The molecule has 0 radical (unpaired) electrons. The molecule has 0 aliphatic heterocycles. The highest BCUT2D eigenvalue weighted by Gasteiger charge is 2.13. The molecule has 1 aromatic carbocycles. The van der Waals surface area contributed by atoms with Crippen LogP contribution in [0.3, 0.4) is 0 Å². The third-order valence-electron chi connectivity index (χ3n) is 2.23. The molecule has 3 nitrogen and oxygen atoms in total. The lowest BCUT2D eigenvalue weighted by Crippen LogP contribution is -2.13. The lowest BCUT2D eigenvalue weighted by molar-refractivity contribution is 0.102. The minimum atomic E-state index is -0.486. The molecule has 0 aliphatic rings. The van der Waals surface area contributed by atoms with Crippen molar-refractivity contribution in [2.75, 3.05) is 5.32 Å². The van der Waals surface area contributed by atoms with Gasteiger partial charge in [0.25, 0.3) is 5.91 Å². The molecule has 2 aromatic rings. The Hall–Kier alpha value is -0.980. The molecule has 19 heavy (non-hydrogen) atoms. The van der Waals surface area contributed by atoms with Gasteiger partial charge in [-0.05, 0) is 56.1 Å². The van der Waals surface area contributed by atoms with E-state index in [1.54, 1.807) is 12.1 Å². The molecule has 1 amide bonds. The molecule has 0 atom stereocenters. The van der Waals surface area contributed by atoms with E-state index >= 15 is 0 Å². The zero-order valence-electron chi connectivity index (χ0n) is 9.25. The summed E-state index contributed by atoms with van der Waals surface area (Å²) in [5.74, 6) is -0.866. The van der Waals surface area contributed by atoms with Gasteiger partial charge in [-0.1, -0.05) is 11.6 Å². The van der Waals surface area contributed by atoms with E-state index in [-0.39, 0.29) is 10.9 Å². The Morgan fingerprint density at radius 3 is 2.63 bits per heavy atom. The molecule has 98 valence electrons. The normalized spacial score (nSPS) is 10.3. The smallest absolute Gasteiger partial charge is 0.257 e. The van der Waals surface area contributed by atoms with Crippen LogP contribution in [0, 0.1) is 5.82 Å². The van der Waals surface area contributed by atoms with Crippen LogP contribution in [0.1, 0.15) is 10.4 Å². The second-order valence-electron chi connectivity index (χ2n) is 3.57. The topological polar surface area (TPSA) is 42.0 Å². The van der Waals surface area contributed by atoms with Gasteiger partial charge in [0.1, 0.15) is 10.4 Å². The van der Waals surface area contributed by atoms with Gasteiger partial charge < -0.3 is 5.32 Å². The number of carbonyl (C=O) groups is 1. The minimum Gasteiger partial charge on any atom is -0.320 e. The summed E-state index contributed by atoms with van der Waals surface area (Å²) in [7, 11) is 0. The van der Waals surface area contributed by atoms with Crippen LogP contribution in [0.2, 0.25) is 5.02 Å². The van der Waals surface area contributed by atoms with Gasteiger partial charge >= 0.3 is 0 Å². The fourth-order valence-electron chi connectivity index (χ4n) is 1.36. The van der Waals surface area contributed by atoms with Crippen molar-refractivity contribution in [3.63, 3.8) is 0 Å². The van der Waals surface area contributed by atoms with Crippen molar-refractivity contribution in [1.82, 2.24) is 4.98 Å². The molecule has 0 fully saturated rings. The van der Waals surface area contributed by atoms with E-state index in [0.717, 1.165) is 6.07 Å². The van der Waals surface area contributed by atoms with Crippen molar-refractivity contribution in [2.45, 2.75) is 0 Å². The lowest BCUT2D eigenvalue weighted by atomic mass is 10.2. The molecule has 0 spiro atoms. The maximum Gasteiger partial charge on any atom is 0.257 e. The fourth-order valence-corrected chi connectivity index (χ4v) is 2.49. The van der Waals surface area contributed by atoms with Crippen LogP contribution in [0.25, 0.3) is 0 Å². The average molecular weight is 408 g/mol. The highest BCUT2D eigenvalue weighted by atomic mass is 79.9. The first-order chi connectivity index (χ1) is 8.97. The average Bonchev–Trinajstić information content (AvgIpc) is 2.34. The molecular formula is C12H6Br2ClFN2O. The zero-order chi connectivity index (χ0) is 14.0. The Morgan fingerprint density at radius 1 is 1.32 bits per heavy atom. The van der Waals surface area contributed by atoms with E-state index in [1.165, 1.54) is 12.3 Å². The van der Waals surface area contributed by atoms with Gasteiger partial charge in [0.2, 0.25) is 0 Å². The number of nitrogens with zero attached hydrogens (tertiary/aromatic N) is 1. The Labute approximate surface area is 130 Å². The van der Waals surface area contributed by atoms with Crippen molar-refractivity contribution in [2.24, 2.45) is 0 Å². The summed E-state index contributed by atoms with van der Waals surface area (Å²) in [4.78, 5) is 15.9. The Bertz CT molecular complexity index is 611. The number of hydrogen-bond donors (Lipinski definition) is 1. The quantitative estimate of drug-likeness (QED) is 0.735. The van der Waals surface area contributed by atoms with Crippen LogP contribution < -0.4 is 5.32 Å². The third-order valence-corrected chi connectivity index (χ3v) is 3.63. The van der Waals surface area contributed by atoms with Crippen molar-refractivity contribution >= 4 is 55.1 Å². The van der Waals surface area contributed by atoms with Gasteiger partial charge in [0, 0.05) is 10.7 Å².